The highest BCUT2D eigenvalue weighted by Gasteiger charge is 2.33. The van der Waals surface area contributed by atoms with Crippen LogP contribution in [0, 0.1) is 0 Å². The molecule has 4 nitrogen and oxygen atoms in total. The fraction of sp³-hybridized carbons (Fsp3) is 0. The molecule has 0 radical (unpaired) electrons. The molecule has 0 N–H and O–H groups in total. The monoisotopic (exact) mass is 392 g/mol. The van der Waals surface area contributed by atoms with Gasteiger partial charge in [0.15, 0.2) is 0 Å². The molecule has 1 aliphatic rings. The van der Waals surface area contributed by atoms with E-state index in [0.29, 0.717) is 17.3 Å². The van der Waals surface area contributed by atoms with Crippen LogP contribution in [0.1, 0.15) is 11.3 Å². The SMILES string of the molecule is O=C1/C(=C\c2ccco2)N=C(c2ccccc2Br)N1c1ccccc1. The van der Waals surface area contributed by atoms with Crippen LogP contribution in [0.3, 0.4) is 0 Å². The Balaban J connectivity index is 1.86. The van der Waals surface area contributed by atoms with Gasteiger partial charge in [0.05, 0.1) is 12.0 Å². The maximum absolute atomic E-state index is 13.0. The number of nitrogens with zero attached hydrogens (tertiary/aromatic N) is 2. The molecule has 25 heavy (non-hydrogen) atoms. The topological polar surface area (TPSA) is 45.8 Å². The summed E-state index contributed by atoms with van der Waals surface area (Å²) in [6.45, 7) is 0. The van der Waals surface area contributed by atoms with E-state index in [1.807, 2.05) is 54.6 Å². The van der Waals surface area contributed by atoms with Crippen molar-refractivity contribution in [1.82, 2.24) is 0 Å². The first kappa shape index (κ1) is 15.6. The number of benzene rings is 2. The minimum atomic E-state index is -0.187. The first-order valence-corrected chi connectivity index (χ1v) is 8.51. The maximum Gasteiger partial charge on any atom is 0.282 e. The number of hydrogen-bond donors (Lipinski definition) is 0. The van der Waals surface area contributed by atoms with Crippen LogP contribution >= 0.6 is 15.9 Å². The van der Waals surface area contributed by atoms with Crippen molar-refractivity contribution in [2.75, 3.05) is 4.90 Å². The van der Waals surface area contributed by atoms with Gasteiger partial charge in [0.1, 0.15) is 17.3 Å². The van der Waals surface area contributed by atoms with Crippen molar-refractivity contribution in [2.45, 2.75) is 0 Å². The highest BCUT2D eigenvalue weighted by Crippen LogP contribution is 2.30. The summed E-state index contributed by atoms with van der Waals surface area (Å²) in [4.78, 5) is 19.2. The van der Waals surface area contributed by atoms with Gasteiger partial charge in [0.2, 0.25) is 0 Å². The van der Waals surface area contributed by atoms with E-state index in [0.717, 1.165) is 15.7 Å². The Kier molecular flexibility index (Phi) is 4.07. The molecule has 1 aromatic heterocycles. The van der Waals surface area contributed by atoms with E-state index in [4.69, 9.17) is 4.42 Å². The Morgan fingerprint density at radius 1 is 0.960 bits per heavy atom. The molecule has 0 atom stereocenters. The number of halogens is 1. The number of amidine groups is 1. The van der Waals surface area contributed by atoms with Crippen LogP contribution in [0.4, 0.5) is 5.69 Å². The molecular weight excluding hydrogens is 380 g/mol. The summed E-state index contributed by atoms with van der Waals surface area (Å²) in [7, 11) is 0. The zero-order valence-corrected chi connectivity index (χ0v) is 14.7. The quantitative estimate of drug-likeness (QED) is 0.596. The largest absolute Gasteiger partial charge is 0.465 e. The average Bonchev–Trinajstić information content (AvgIpc) is 3.25. The third-order valence-electron chi connectivity index (χ3n) is 3.81. The van der Waals surface area contributed by atoms with Gasteiger partial charge in [-0.25, -0.2) is 4.99 Å². The third-order valence-corrected chi connectivity index (χ3v) is 4.50. The first-order valence-electron chi connectivity index (χ1n) is 7.72. The fourth-order valence-corrected chi connectivity index (χ4v) is 3.13. The van der Waals surface area contributed by atoms with E-state index < -0.39 is 0 Å². The Labute approximate surface area is 153 Å². The summed E-state index contributed by atoms with van der Waals surface area (Å²) >= 11 is 3.55. The highest BCUT2D eigenvalue weighted by molar-refractivity contribution is 9.10. The van der Waals surface area contributed by atoms with E-state index in [2.05, 4.69) is 20.9 Å². The summed E-state index contributed by atoms with van der Waals surface area (Å²) in [6, 6.07) is 20.8. The molecule has 0 fully saturated rings. The molecule has 2 heterocycles. The van der Waals surface area contributed by atoms with Crippen LogP contribution in [-0.4, -0.2) is 11.7 Å². The molecular formula is C20H13BrN2O2. The minimum absolute atomic E-state index is 0.187. The van der Waals surface area contributed by atoms with Crippen LogP contribution in [0.15, 0.2) is 92.6 Å². The van der Waals surface area contributed by atoms with E-state index in [1.54, 1.807) is 29.4 Å². The molecule has 5 heteroatoms. The van der Waals surface area contributed by atoms with Crippen molar-refractivity contribution in [3.05, 3.63) is 94.5 Å². The summed E-state index contributed by atoms with van der Waals surface area (Å²) in [5.41, 5.74) is 1.96. The standard InChI is InChI=1S/C20H13BrN2O2/c21-17-11-5-4-10-16(17)19-22-18(13-15-9-6-12-25-15)20(24)23(19)14-7-2-1-3-8-14/h1-13H/b18-13+. The second kappa shape index (κ2) is 6.53. The van der Waals surface area contributed by atoms with Crippen LogP contribution < -0.4 is 4.90 Å². The molecule has 4 rings (SSSR count). The average molecular weight is 393 g/mol. The predicted octanol–water partition coefficient (Wildman–Crippen LogP) is 4.88. The number of aliphatic imine (C=N–C) groups is 1. The van der Waals surface area contributed by atoms with Crippen molar-refractivity contribution >= 4 is 39.4 Å². The Morgan fingerprint density at radius 3 is 2.44 bits per heavy atom. The third kappa shape index (κ3) is 2.94. The van der Waals surface area contributed by atoms with Gasteiger partial charge >= 0.3 is 0 Å². The predicted molar refractivity (Wildman–Crippen MR) is 101 cm³/mol. The maximum atomic E-state index is 13.0. The zero-order chi connectivity index (χ0) is 17.2. The number of para-hydroxylation sites is 1. The van der Waals surface area contributed by atoms with Crippen molar-refractivity contribution in [1.29, 1.82) is 0 Å². The van der Waals surface area contributed by atoms with E-state index in [9.17, 15) is 4.79 Å². The lowest BCUT2D eigenvalue weighted by Gasteiger charge is -2.19. The lowest BCUT2D eigenvalue weighted by molar-refractivity contribution is -0.113. The van der Waals surface area contributed by atoms with Gasteiger partial charge in [-0.1, -0.05) is 52.3 Å². The normalized spacial score (nSPS) is 15.7. The van der Waals surface area contributed by atoms with Gasteiger partial charge in [-0.2, -0.15) is 0 Å². The smallest absolute Gasteiger partial charge is 0.282 e. The van der Waals surface area contributed by atoms with Crippen molar-refractivity contribution in [3.8, 4) is 0 Å². The molecule has 0 spiro atoms. The van der Waals surface area contributed by atoms with Gasteiger partial charge in [-0.05, 0) is 30.3 Å². The van der Waals surface area contributed by atoms with Crippen molar-refractivity contribution in [2.24, 2.45) is 4.99 Å². The molecule has 0 bridgehead atoms. The lowest BCUT2D eigenvalue weighted by atomic mass is 10.2. The summed E-state index contributed by atoms with van der Waals surface area (Å²) in [6.07, 6.45) is 3.22. The van der Waals surface area contributed by atoms with Gasteiger partial charge in [-0.3, -0.25) is 9.69 Å². The first-order chi connectivity index (χ1) is 12.2. The van der Waals surface area contributed by atoms with Gasteiger partial charge in [-0.15, -0.1) is 0 Å². The minimum Gasteiger partial charge on any atom is -0.465 e. The second-order valence-corrected chi connectivity index (χ2v) is 6.29. The number of amides is 1. The number of carbonyl (C=O) groups is 1. The van der Waals surface area contributed by atoms with E-state index in [-0.39, 0.29) is 5.91 Å². The molecule has 1 aliphatic heterocycles. The Bertz CT molecular complexity index is 976. The second-order valence-electron chi connectivity index (χ2n) is 5.44. The van der Waals surface area contributed by atoms with E-state index >= 15 is 0 Å². The molecule has 0 saturated heterocycles. The van der Waals surface area contributed by atoms with Crippen molar-refractivity contribution in [3.63, 3.8) is 0 Å². The highest BCUT2D eigenvalue weighted by atomic mass is 79.9. The summed E-state index contributed by atoms with van der Waals surface area (Å²) < 4.78 is 6.20. The van der Waals surface area contributed by atoms with Crippen LogP contribution in [-0.2, 0) is 4.79 Å². The molecule has 2 aromatic carbocycles. The Morgan fingerprint density at radius 2 is 1.72 bits per heavy atom. The summed E-state index contributed by atoms with van der Waals surface area (Å²) in [5.74, 6) is 0.989. The van der Waals surface area contributed by atoms with E-state index in [1.165, 1.54) is 0 Å². The van der Waals surface area contributed by atoms with Gasteiger partial charge in [0.25, 0.3) is 5.91 Å². The van der Waals surface area contributed by atoms with Crippen molar-refractivity contribution < 1.29 is 9.21 Å². The molecule has 0 aliphatic carbocycles. The molecule has 0 saturated carbocycles. The molecule has 122 valence electrons. The van der Waals surface area contributed by atoms with Gasteiger partial charge < -0.3 is 4.42 Å². The fourth-order valence-electron chi connectivity index (χ4n) is 2.66. The number of hydrogen-bond acceptors (Lipinski definition) is 3. The lowest BCUT2D eigenvalue weighted by Crippen LogP contribution is -2.32. The summed E-state index contributed by atoms with van der Waals surface area (Å²) in [5, 5.41) is 0. The van der Waals surface area contributed by atoms with Crippen LogP contribution in [0.5, 0.6) is 0 Å². The molecule has 1 amide bonds. The number of anilines is 1. The number of rotatable bonds is 3. The molecule has 0 unspecified atom stereocenters. The van der Waals surface area contributed by atoms with Crippen LogP contribution in [0.25, 0.3) is 6.08 Å². The Hall–Kier alpha value is -2.92. The zero-order valence-electron chi connectivity index (χ0n) is 13.1. The van der Waals surface area contributed by atoms with Crippen LogP contribution in [0.2, 0.25) is 0 Å². The molecule has 3 aromatic rings. The number of carbonyl (C=O) groups excluding carboxylic acids is 1. The van der Waals surface area contributed by atoms with Gasteiger partial charge in [0, 0.05) is 16.1 Å². The number of furan rings is 1.